The van der Waals surface area contributed by atoms with Crippen molar-refractivity contribution in [3.05, 3.63) is 27.3 Å². The third kappa shape index (κ3) is 2.35. The fraction of sp³-hybridized carbons (Fsp3) is 0.333. The molecule has 1 N–H and O–H groups in total. The van der Waals surface area contributed by atoms with Crippen LogP contribution in [0.5, 0.6) is 5.75 Å². The second-order valence-corrected chi connectivity index (χ2v) is 5.10. The quantitative estimate of drug-likeness (QED) is 0.656. The van der Waals surface area contributed by atoms with Crippen LogP contribution in [0.3, 0.4) is 0 Å². The fourth-order valence-electron chi connectivity index (χ4n) is 1.13. The van der Waals surface area contributed by atoms with Gasteiger partial charge >= 0.3 is 5.69 Å². The van der Waals surface area contributed by atoms with Gasteiger partial charge in [0.25, 0.3) is 0 Å². The molecule has 80 valence electrons. The van der Waals surface area contributed by atoms with Crippen molar-refractivity contribution in [2.24, 2.45) is 0 Å². The summed E-state index contributed by atoms with van der Waals surface area (Å²) in [5.74, 6) is -0.326. The first-order valence-corrected chi connectivity index (χ1v) is 5.67. The highest BCUT2D eigenvalue weighted by Gasteiger charge is 2.25. The molecule has 0 aliphatic heterocycles. The number of phenolic OH excluding ortho intramolecular Hbond substituents is 1. The van der Waals surface area contributed by atoms with Gasteiger partial charge in [-0.05, 0) is 12.8 Å². The standard InChI is InChI=1S/C9H8ClNO3S/c10-6-3-7(11(13)14)8(12)4-9(6)15-5-1-2-5/h3-5,12H,1-2H2. The molecule has 0 amide bonds. The molecule has 1 aliphatic rings. The molecule has 0 heterocycles. The van der Waals surface area contributed by atoms with E-state index in [1.165, 1.54) is 12.1 Å². The third-order valence-electron chi connectivity index (χ3n) is 2.04. The van der Waals surface area contributed by atoms with E-state index in [2.05, 4.69) is 0 Å². The molecule has 1 aromatic carbocycles. The molecule has 4 nitrogen and oxygen atoms in total. The number of nitro benzene ring substituents is 1. The highest BCUT2D eigenvalue weighted by molar-refractivity contribution is 8.00. The summed E-state index contributed by atoms with van der Waals surface area (Å²) in [6.45, 7) is 0. The average Bonchev–Trinajstić information content (AvgIpc) is 2.94. The van der Waals surface area contributed by atoms with E-state index in [0.29, 0.717) is 15.2 Å². The zero-order valence-corrected chi connectivity index (χ0v) is 9.22. The molecule has 0 atom stereocenters. The van der Waals surface area contributed by atoms with Gasteiger partial charge in [-0.3, -0.25) is 10.1 Å². The molecule has 0 saturated heterocycles. The van der Waals surface area contributed by atoms with Crippen LogP contribution in [-0.4, -0.2) is 15.3 Å². The van der Waals surface area contributed by atoms with E-state index >= 15 is 0 Å². The molecule has 1 aliphatic carbocycles. The van der Waals surface area contributed by atoms with Crippen LogP contribution in [0.15, 0.2) is 17.0 Å². The molecule has 0 radical (unpaired) electrons. The lowest BCUT2D eigenvalue weighted by atomic mass is 10.3. The van der Waals surface area contributed by atoms with E-state index in [-0.39, 0.29) is 11.4 Å². The number of nitro groups is 1. The third-order valence-corrected chi connectivity index (χ3v) is 3.86. The van der Waals surface area contributed by atoms with Crippen molar-refractivity contribution in [3.63, 3.8) is 0 Å². The topological polar surface area (TPSA) is 63.4 Å². The van der Waals surface area contributed by atoms with Gasteiger partial charge in [0.2, 0.25) is 0 Å². The molecule has 1 fully saturated rings. The summed E-state index contributed by atoms with van der Waals surface area (Å²) in [5.41, 5.74) is -0.347. The average molecular weight is 246 g/mol. The number of halogens is 1. The summed E-state index contributed by atoms with van der Waals surface area (Å²) < 4.78 is 0. The molecule has 2 rings (SSSR count). The summed E-state index contributed by atoms with van der Waals surface area (Å²) in [6.07, 6.45) is 2.28. The van der Waals surface area contributed by atoms with Gasteiger partial charge in [-0.2, -0.15) is 0 Å². The molecule has 1 saturated carbocycles. The number of hydrogen-bond donors (Lipinski definition) is 1. The molecule has 6 heteroatoms. The number of nitrogens with zero attached hydrogens (tertiary/aromatic N) is 1. The number of aromatic hydroxyl groups is 1. The number of phenols is 1. The zero-order valence-electron chi connectivity index (χ0n) is 7.64. The van der Waals surface area contributed by atoms with Gasteiger partial charge in [0.05, 0.1) is 9.95 Å². The Morgan fingerprint density at radius 2 is 2.20 bits per heavy atom. The van der Waals surface area contributed by atoms with E-state index in [0.717, 1.165) is 12.8 Å². The minimum atomic E-state index is -0.646. The predicted octanol–water partition coefficient (Wildman–Crippen LogP) is 3.21. The number of benzene rings is 1. The van der Waals surface area contributed by atoms with Crippen molar-refractivity contribution in [1.82, 2.24) is 0 Å². The van der Waals surface area contributed by atoms with Gasteiger partial charge in [0.15, 0.2) is 5.75 Å². The summed E-state index contributed by atoms with van der Waals surface area (Å²) >= 11 is 7.44. The van der Waals surface area contributed by atoms with Crippen LogP contribution in [-0.2, 0) is 0 Å². The van der Waals surface area contributed by atoms with Crippen molar-refractivity contribution in [3.8, 4) is 5.75 Å². The van der Waals surface area contributed by atoms with Crippen molar-refractivity contribution in [2.75, 3.05) is 0 Å². The molecule has 0 bridgehead atoms. The lowest BCUT2D eigenvalue weighted by molar-refractivity contribution is -0.385. The highest BCUT2D eigenvalue weighted by atomic mass is 35.5. The predicted molar refractivity (Wildman–Crippen MR) is 58.7 cm³/mol. The van der Waals surface area contributed by atoms with Gasteiger partial charge < -0.3 is 5.11 Å². The second-order valence-electron chi connectivity index (χ2n) is 3.35. The van der Waals surface area contributed by atoms with Gasteiger partial charge in [0.1, 0.15) is 0 Å². The van der Waals surface area contributed by atoms with E-state index in [4.69, 9.17) is 11.6 Å². The first kappa shape index (κ1) is 10.6. The normalized spacial score (nSPS) is 15.3. The first-order chi connectivity index (χ1) is 7.08. The van der Waals surface area contributed by atoms with Crippen LogP contribution >= 0.6 is 23.4 Å². The zero-order chi connectivity index (χ0) is 11.0. The smallest absolute Gasteiger partial charge is 0.312 e. The summed E-state index contributed by atoms with van der Waals surface area (Å²) in [7, 11) is 0. The number of thioether (sulfide) groups is 1. The lowest BCUT2D eigenvalue weighted by Gasteiger charge is -2.03. The molecule has 15 heavy (non-hydrogen) atoms. The highest BCUT2D eigenvalue weighted by Crippen LogP contribution is 2.44. The Bertz CT molecular complexity index is 420. The maximum Gasteiger partial charge on any atom is 0.312 e. The first-order valence-electron chi connectivity index (χ1n) is 4.41. The Balaban J connectivity index is 2.32. The van der Waals surface area contributed by atoms with Crippen molar-refractivity contribution < 1.29 is 10.0 Å². The molecular formula is C9H8ClNO3S. The lowest BCUT2D eigenvalue weighted by Crippen LogP contribution is -1.89. The van der Waals surface area contributed by atoms with Crippen LogP contribution in [0.2, 0.25) is 5.02 Å². The summed E-state index contributed by atoms with van der Waals surface area (Å²) in [5, 5.41) is 20.8. The Hall–Kier alpha value is -0.940. The maximum atomic E-state index is 10.5. The summed E-state index contributed by atoms with van der Waals surface area (Å²) in [6, 6.07) is 2.56. The maximum absolute atomic E-state index is 10.5. The fourth-order valence-corrected chi connectivity index (χ4v) is 2.51. The Labute approximate surface area is 95.4 Å². The SMILES string of the molecule is O=[N+]([O-])c1cc(Cl)c(SC2CC2)cc1O. The van der Waals surface area contributed by atoms with E-state index in [1.54, 1.807) is 11.8 Å². The second kappa shape index (κ2) is 3.90. The minimum absolute atomic E-state index is 0.326. The van der Waals surface area contributed by atoms with Crippen LogP contribution in [0, 0.1) is 10.1 Å². The largest absolute Gasteiger partial charge is 0.502 e. The van der Waals surface area contributed by atoms with E-state index in [9.17, 15) is 15.2 Å². The van der Waals surface area contributed by atoms with Crippen LogP contribution in [0.1, 0.15) is 12.8 Å². The van der Waals surface area contributed by atoms with Crippen molar-refractivity contribution in [2.45, 2.75) is 23.0 Å². The van der Waals surface area contributed by atoms with Crippen LogP contribution in [0.25, 0.3) is 0 Å². The molecule has 0 spiro atoms. The van der Waals surface area contributed by atoms with Gasteiger partial charge in [-0.1, -0.05) is 11.6 Å². The number of hydrogen-bond acceptors (Lipinski definition) is 4. The monoisotopic (exact) mass is 245 g/mol. The Kier molecular flexibility index (Phi) is 2.75. The van der Waals surface area contributed by atoms with E-state index < -0.39 is 4.92 Å². The molecular weight excluding hydrogens is 238 g/mol. The summed E-state index contributed by atoms with van der Waals surface area (Å²) in [4.78, 5) is 10.6. The Morgan fingerprint density at radius 3 is 2.73 bits per heavy atom. The van der Waals surface area contributed by atoms with Gasteiger partial charge in [0, 0.05) is 22.3 Å². The van der Waals surface area contributed by atoms with Gasteiger partial charge in [-0.25, -0.2) is 0 Å². The van der Waals surface area contributed by atoms with E-state index in [1.807, 2.05) is 0 Å². The van der Waals surface area contributed by atoms with Crippen LogP contribution in [0.4, 0.5) is 5.69 Å². The molecule has 0 unspecified atom stereocenters. The molecule has 0 aromatic heterocycles. The van der Waals surface area contributed by atoms with Crippen molar-refractivity contribution >= 4 is 29.1 Å². The van der Waals surface area contributed by atoms with Crippen molar-refractivity contribution in [1.29, 1.82) is 0 Å². The van der Waals surface area contributed by atoms with Crippen LogP contribution < -0.4 is 0 Å². The van der Waals surface area contributed by atoms with Gasteiger partial charge in [-0.15, -0.1) is 11.8 Å². The Morgan fingerprint density at radius 1 is 1.53 bits per heavy atom. The number of rotatable bonds is 3. The molecule has 1 aromatic rings. The minimum Gasteiger partial charge on any atom is -0.502 e.